The van der Waals surface area contributed by atoms with E-state index in [1.165, 1.54) is 4.90 Å². The molecule has 7 heteroatoms. The van der Waals surface area contributed by atoms with Gasteiger partial charge >= 0.3 is 0 Å². The van der Waals surface area contributed by atoms with Gasteiger partial charge in [-0.25, -0.2) is 0 Å². The van der Waals surface area contributed by atoms with Gasteiger partial charge in [-0.15, -0.1) is 0 Å². The fourth-order valence-electron chi connectivity index (χ4n) is 2.73. The normalized spacial score (nSPS) is 10.6. The van der Waals surface area contributed by atoms with Crippen molar-refractivity contribution >= 4 is 35.0 Å². The fourth-order valence-corrected chi connectivity index (χ4v) is 3.12. The van der Waals surface area contributed by atoms with Gasteiger partial charge in [0.2, 0.25) is 0 Å². The molecule has 0 radical (unpaired) electrons. The van der Waals surface area contributed by atoms with Gasteiger partial charge in [-0.3, -0.25) is 9.59 Å². The molecule has 3 aromatic rings. The number of nitrogens with zero attached hydrogens (tertiary/aromatic N) is 1. The minimum absolute atomic E-state index is 0.154. The summed E-state index contributed by atoms with van der Waals surface area (Å²) in [5.41, 5.74) is 2.09. The molecule has 0 aliphatic heterocycles. The molecule has 0 saturated carbocycles. The molecular weight excluding hydrogens is 399 g/mol. The van der Waals surface area contributed by atoms with Crippen molar-refractivity contribution in [3.63, 3.8) is 0 Å². The van der Waals surface area contributed by atoms with Crippen LogP contribution in [0.25, 0.3) is 11.3 Å². The Bertz CT molecular complexity index is 1010. The number of hydrogen-bond donors (Lipinski definition) is 1. The summed E-state index contributed by atoms with van der Waals surface area (Å²) in [6.07, 6.45) is 0. The zero-order valence-corrected chi connectivity index (χ0v) is 16.8. The molecule has 0 fully saturated rings. The summed E-state index contributed by atoms with van der Waals surface area (Å²) >= 11 is 12.3. The Morgan fingerprint density at radius 1 is 1.04 bits per heavy atom. The van der Waals surface area contributed by atoms with Crippen LogP contribution in [0.4, 0.5) is 0 Å². The Balaban J connectivity index is 1.73. The monoisotopic (exact) mass is 416 g/mol. The summed E-state index contributed by atoms with van der Waals surface area (Å²) in [6, 6.07) is 15.6. The first-order valence-electron chi connectivity index (χ1n) is 8.51. The Morgan fingerprint density at radius 2 is 1.75 bits per heavy atom. The number of carbonyl (C=O) groups is 2. The number of amides is 2. The molecule has 5 nitrogen and oxygen atoms in total. The largest absolute Gasteiger partial charge is 0.451 e. The van der Waals surface area contributed by atoms with Gasteiger partial charge in [0.1, 0.15) is 5.76 Å². The van der Waals surface area contributed by atoms with E-state index < -0.39 is 0 Å². The summed E-state index contributed by atoms with van der Waals surface area (Å²) in [5, 5.41) is 3.37. The maximum absolute atomic E-state index is 12.7. The second-order valence-electron chi connectivity index (χ2n) is 6.20. The first-order chi connectivity index (χ1) is 13.4. The number of halogens is 2. The first kappa shape index (κ1) is 20.0. The lowest BCUT2D eigenvalue weighted by Gasteiger charge is -2.16. The summed E-state index contributed by atoms with van der Waals surface area (Å²) in [6.45, 7) is 0.376. The molecule has 28 heavy (non-hydrogen) atoms. The van der Waals surface area contributed by atoms with Gasteiger partial charge in [0.05, 0.1) is 10.0 Å². The third-order valence-electron chi connectivity index (χ3n) is 4.24. The SMILES string of the molecule is CNC(=O)c1ccc(CN(C)C(=O)c2ccc(-c3cccc(Cl)c3Cl)o2)cc1. The fraction of sp³-hybridized carbons (Fsp3) is 0.143. The topological polar surface area (TPSA) is 62.6 Å². The molecular formula is C21H18Cl2N2O3. The van der Waals surface area contributed by atoms with Crippen molar-refractivity contribution in [2.24, 2.45) is 0 Å². The summed E-state index contributed by atoms with van der Waals surface area (Å²) in [7, 11) is 3.26. The van der Waals surface area contributed by atoms with Crippen molar-refractivity contribution in [2.75, 3.05) is 14.1 Å². The summed E-state index contributed by atoms with van der Waals surface area (Å²) < 4.78 is 5.70. The molecule has 2 aromatic carbocycles. The quantitative estimate of drug-likeness (QED) is 0.643. The molecule has 1 N–H and O–H groups in total. The van der Waals surface area contributed by atoms with Crippen LogP contribution in [-0.2, 0) is 6.54 Å². The highest BCUT2D eigenvalue weighted by molar-refractivity contribution is 6.43. The maximum atomic E-state index is 12.7. The molecule has 0 aliphatic rings. The van der Waals surface area contributed by atoms with Crippen molar-refractivity contribution in [2.45, 2.75) is 6.54 Å². The van der Waals surface area contributed by atoms with Crippen LogP contribution in [-0.4, -0.2) is 30.8 Å². The summed E-state index contributed by atoms with van der Waals surface area (Å²) in [4.78, 5) is 25.8. The van der Waals surface area contributed by atoms with E-state index in [9.17, 15) is 9.59 Å². The number of nitrogens with one attached hydrogen (secondary N) is 1. The van der Waals surface area contributed by atoms with E-state index in [1.54, 1.807) is 56.6 Å². The van der Waals surface area contributed by atoms with Crippen LogP contribution in [0.3, 0.4) is 0 Å². The Kier molecular flexibility index (Phi) is 6.07. The second kappa shape index (κ2) is 8.50. The predicted molar refractivity (Wildman–Crippen MR) is 110 cm³/mol. The van der Waals surface area contributed by atoms with E-state index in [2.05, 4.69) is 5.32 Å². The highest BCUT2D eigenvalue weighted by Gasteiger charge is 2.18. The van der Waals surface area contributed by atoms with Crippen LogP contribution in [0, 0.1) is 0 Å². The Morgan fingerprint density at radius 3 is 2.43 bits per heavy atom. The van der Waals surface area contributed by atoms with E-state index in [1.807, 2.05) is 12.1 Å². The molecule has 2 amide bonds. The molecule has 144 valence electrons. The molecule has 0 aliphatic carbocycles. The molecule has 3 rings (SSSR count). The smallest absolute Gasteiger partial charge is 0.289 e. The van der Waals surface area contributed by atoms with Gasteiger partial charge in [0.25, 0.3) is 11.8 Å². The van der Waals surface area contributed by atoms with Gasteiger partial charge < -0.3 is 14.6 Å². The minimum Gasteiger partial charge on any atom is -0.451 e. The highest BCUT2D eigenvalue weighted by Crippen LogP contribution is 2.34. The van der Waals surface area contributed by atoms with Crippen molar-refractivity contribution < 1.29 is 14.0 Å². The molecule has 0 atom stereocenters. The lowest BCUT2D eigenvalue weighted by atomic mass is 10.1. The molecule has 0 unspecified atom stereocenters. The number of benzene rings is 2. The van der Waals surface area contributed by atoms with Crippen molar-refractivity contribution in [1.29, 1.82) is 0 Å². The molecule has 0 bridgehead atoms. The third-order valence-corrected chi connectivity index (χ3v) is 5.06. The lowest BCUT2D eigenvalue weighted by Crippen LogP contribution is -2.25. The number of carbonyl (C=O) groups excluding carboxylic acids is 2. The molecule has 1 heterocycles. The van der Waals surface area contributed by atoms with Gasteiger partial charge in [-0.1, -0.05) is 41.4 Å². The van der Waals surface area contributed by atoms with Crippen molar-refractivity contribution in [3.05, 3.63) is 81.5 Å². The van der Waals surface area contributed by atoms with Gasteiger partial charge in [-0.05, 0) is 42.0 Å². The van der Waals surface area contributed by atoms with Crippen LogP contribution in [0.15, 0.2) is 59.0 Å². The van der Waals surface area contributed by atoms with Crippen molar-refractivity contribution in [3.8, 4) is 11.3 Å². The van der Waals surface area contributed by atoms with Gasteiger partial charge in [0.15, 0.2) is 5.76 Å². The average molecular weight is 417 g/mol. The van der Waals surface area contributed by atoms with Crippen LogP contribution < -0.4 is 5.32 Å². The van der Waals surface area contributed by atoms with Crippen LogP contribution in [0.5, 0.6) is 0 Å². The van der Waals surface area contributed by atoms with Crippen LogP contribution in [0.2, 0.25) is 10.0 Å². The lowest BCUT2D eigenvalue weighted by molar-refractivity contribution is 0.0754. The second-order valence-corrected chi connectivity index (χ2v) is 6.99. The van der Waals surface area contributed by atoms with E-state index >= 15 is 0 Å². The standard InChI is InChI=1S/C21H18Cl2N2O3/c1-24-20(26)14-8-6-13(7-9-14)12-25(2)21(27)18-11-10-17(28-18)15-4-3-5-16(22)19(15)23/h3-11H,12H2,1-2H3,(H,24,26). The van der Waals surface area contributed by atoms with Crippen LogP contribution >= 0.6 is 23.2 Å². The minimum atomic E-state index is -0.264. The Labute approximate surface area is 172 Å². The first-order valence-corrected chi connectivity index (χ1v) is 9.27. The number of rotatable bonds is 5. The number of furan rings is 1. The number of hydrogen-bond acceptors (Lipinski definition) is 3. The third kappa shape index (κ3) is 4.21. The molecule has 1 aromatic heterocycles. The van der Waals surface area contributed by atoms with E-state index in [-0.39, 0.29) is 17.6 Å². The van der Waals surface area contributed by atoms with E-state index in [4.69, 9.17) is 27.6 Å². The predicted octanol–water partition coefficient (Wildman–Crippen LogP) is 4.89. The maximum Gasteiger partial charge on any atom is 0.289 e. The van der Waals surface area contributed by atoms with Gasteiger partial charge in [0, 0.05) is 31.8 Å². The van der Waals surface area contributed by atoms with E-state index in [0.29, 0.717) is 33.5 Å². The van der Waals surface area contributed by atoms with Crippen molar-refractivity contribution in [1.82, 2.24) is 10.2 Å². The zero-order valence-electron chi connectivity index (χ0n) is 15.3. The van der Waals surface area contributed by atoms with Gasteiger partial charge in [-0.2, -0.15) is 0 Å². The van der Waals surface area contributed by atoms with Crippen LogP contribution in [0.1, 0.15) is 26.5 Å². The summed E-state index contributed by atoms with van der Waals surface area (Å²) in [5.74, 6) is 0.258. The molecule has 0 saturated heterocycles. The zero-order chi connectivity index (χ0) is 20.3. The average Bonchev–Trinajstić information content (AvgIpc) is 3.19. The Hall–Kier alpha value is -2.76. The molecule has 0 spiro atoms. The highest BCUT2D eigenvalue weighted by atomic mass is 35.5. The van der Waals surface area contributed by atoms with E-state index in [0.717, 1.165) is 5.56 Å².